The molecule has 0 bridgehead atoms. The highest BCUT2D eigenvalue weighted by Gasteiger charge is 2.16. The zero-order chi connectivity index (χ0) is 10.8. The normalized spacial score (nSPS) is 11.8. The lowest BCUT2D eigenvalue weighted by Gasteiger charge is -2.18. The monoisotopic (exact) mass is 194 g/mol. The van der Waals surface area contributed by atoms with E-state index in [9.17, 15) is 0 Å². The van der Waals surface area contributed by atoms with Crippen molar-refractivity contribution in [3.05, 3.63) is 23.3 Å². The van der Waals surface area contributed by atoms with Crippen molar-refractivity contribution in [1.82, 2.24) is 9.97 Å². The van der Waals surface area contributed by atoms with Gasteiger partial charge in [-0.3, -0.25) is 0 Å². The van der Waals surface area contributed by atoms with E-state index in [1.54, 1.807) is 7.11 Å². The van der Waals surface area contributed by atoms with E-state index in [0.717, 1.165) is 17.2 Å². The first kappa shape index (κ1) is 11.1. The molecular weight excluding hydrogens is 176 g/mol. The predicted molar refractivity (Wildman–Crippen MR) is 56.2 cm³/mol. The molecule has 0 N–H and O–H groups in total. The van der Waals surface area contributed by atoms with Gasteiger partial charge in [-0.1, -0.05) is 20.8 Å². The molecule has 78 valence electrons. The molecule has 0 aromatic carbocycles. The fourth-order valence-corrected chi connectivity index (χ4v) is 1.24. The van der Waals surface area contributed by atoms with Crippen molar-refractivity contribution in [1.29, 1.82) is 0 Å². The van der Waals surface area contributed by atoms with Gasteiger partial charge in [0, 0.05) is 18.2 Å². The van der Waals surface area contributed by atoms with Crippen molar-refractivity contribution in [3.8, 4) is 0 Å². The molecule has 0 radical (unpaired) electrons. The van der Waals surface area contributed by atoms with Gasteiger partial charge in [0.2, 0.25) is 0 Å². The average molecular weight is 194 g/mol. The van der Waals surface area contributed by atoms with Gasteiger partial charge < -0.3 is 4.74 Å². The summed E-state index contributed by atoms with van der Waals surface area (Å²) in [7, 11) is 1.67. The molecule has 0 saturated heterocycles. The third-order valence-corrected chi connectivity index (χ3v) is 1.95. The van der Waals surface area contributed by atoms with Gasteiger partial charge in [-0.2, -0.15) is 0 Å². The Morgan fingerprint density at radius 2 is 1.93 bits per heavy atom. The molecule has 14 heavy (non-hydrogen) atoms. The fraction of sp³-hybridized carbons (Fsp3) is 0.636. The zero-order valence-corrected chi connectivity index (χ0v) is 9.59. The van der Waals surface area contributed by atoms with Crippen molar-refractivity contribution in [2.45, 2.75) is 39.7 Å². The van der Waals surface area contributed by atoms with Crippen molar-refractivity contribution >= 4 is 0 Å². The summed E-state index contributed by atoms with van der Waals surface area (Å²) in [6, 6.07) is 2.01. The van der Waals surface area contributed by atoms with Crippen LogP contribution in [-0.4, -0.2) is 17.1 Å². The maximum atomic E-state index is 5.06. The van der Waals surface area contributed by atoms with E-state index in [2.05, 4.69) is 30.7 Å². The molecule has 3 heteroatoms. The Kier molecular flexibility index (Phi) is 3.21. The van der Waals surface area contributed by atoms with Crippen LogP contribution in [0.3, 0.4) is 0 Å². The van der Waals surface area contributed by atoms with E-state index < -0.39 is 0 Å². The SMILES string of the molecule is COCc1cc(C(C)(C)C)nc(C)n1. The Hall–Kier alpha value is -0.960. The Balaban J connectivity index is 3.07. The number of methoxy groups -OCH3 is 1. The van der Waals surface area contributed by atoms with E-state index in [1.165, 1.54) is 0 Å². The van der Waals surface area contributed by atoms with Crippen molar-refractivity contribution in [3.63, 3.8) is 0 Å². The van der Waals surface area contributed by atoms with Crippen LogP contribution in [0.25, 0.3) is 0 Å². The molecule has 1 aromatic rings. The van der Waals surface area contributed by atoms with E-state index in [1.807, 2.05) is 13.0 Å². The predicted octanol–water partition coefficient (Wildman–Crippen LogP) is 2.23. The van der Waals surface area contributed by atoms with Crippen LogP contribution in [0.2, 0.25) is 0 Å². The second-order valence-corrected chi connectivity index (χ2v) is 4.47. The zero-order valence-electron chi connectivity index (χ0n) is 9.59. The second kappa shape index (κ2) is 4.05. The number of nitrogens with zero attached hydrogens (tertiary/aromatic N) is 2. The van der Waals surface area contributed by atoms with Crippen molar-refractivity contribution < 1.29 is 4.74 Å². The van der Waals surface area contributed by atoms with Crippen LogP contribution in [0.5, 0.6) is 0 Å². The van der Waals surface area contributed by atoms with Gasteiger partial charge in [0.05, 0.1) is 12.3 Å². The van der Waals surface area contributed by atoms with Crippen LogP contribution >= 0.6 is 0 Å². The van der Waals surface area contributed by atoms with Gasteiger partial charge in [0.15, 0.2) is 0 Å². The lowest BCUT2D eigenvalue weighted by Crippen LogP contribution is -2.15. The largest absolute Gasteiger partial charge is 0.378 e. The Bertz CT molecular complexity index is 316. The number of ether oxygens (including phenoxy) is 1. The molecule has 0 unspecified atom stereocenters. The Morgan fingerprint density at radius 1 is 1.29 bits per heavy atom. The highest BCUT2D eigenvalue weighted by atomic mass is 16.5. The van der Waals surface area contributed by atoms with Crippen molar-refractivity contribution in [2.24, 2.45) is 0 Å². The Morgan fingerprint density at radius 3 is 2.43 bits per heavy atom. The first-order valence-electron chi connectivity index (χ1n) is 4.77. The minimum Gasteiger partial charge on any atom is -0.378 e. The molecule has 0 spiro atoms. The topological polar surface area (TPSA) is 35.0 Å². The molecule has 0 aliphatic carbocycles. The van der Waals surface area contributed by atoms with Gasteiger partial charge in [-0.05, 0) is 13.0 Å². The molecule has 1 rings (SSSR count). The molecule has 0 atom stereocenters. The third kappa shape index (κ3) is 2.77. The Labute approximate surface area is 85.5 Å². The minimum atomic E-state index is 0.0657. The first-order valence-corrected chi connectivity index (χ1v) is 4.77. The van der Waals surface area contributed by atoms with E-state index in [-0.39, 0.29) is 5.41 Å². The second-order valence-electron chi connectivity index (χ2n) is 4.47. The molecule has 0 aliphatic rings. The van der Waals surface area contributed by atoms with Crippen LogP contribution < -0.4 is 0 Å². The first-order chi connectivity index (χ1) is 6.43. The van der Waals surface area contributed by atoms with Gasteiger partial charge in [-0.25, -0.2) is 9.97 Å². The van der Waals surface area contributed by atoms with Gasteiger partial charge in [0.25, 0.3) is 0 Å². The number of aromatic nitrogens is 2. The molecule has 0 aliphatic heterocycles. The molecule has 0 saturated carbocycles. The summed E-state index contributed by atoms with van der Waals surface area (Å²) in [5, 5.41) is 0. The summed E-state index contributed by atoms with van der Waals surface area (Å²) in [6.07, 6.45) is 0. The van der Waals surface area contributed by atoms with E-state index in [0.29, 0.717) is 6.61 Å². The summed E-state index contributed by atoms with van der Waals surface area (Å²) >= 11 is 0. The van der Waals surface area contributed by atoms with Crippen molar-refractivity contribution in [2.75, 3.05) is 7.11 Å². The van der Waals surface area contributed by atoms with E-state index in [4.69, 9.17) is 4.74 Å². The fourth-order valence-electron chi connectivity index (χ4n) is 1.24. The molecule has 0 fully saturated rings. The summed E-state index contributed by atoms with van der Waals surface area (Å²) in [6.45, 7) is 8.89. The number of rotatable bonds is 2. The van der Waals surface area contributed by atoms with Gasteiger partial charge in [0.1, 0.15) is 5.82 Å². The molecule has 0 amide bonds. The van der Waals surface area contributed by atoms with Gasteiger partial charge in [-0.15, -0.1) is 0 Å². The van der Waals surface area contributed by atoms with Crippen LogP contribution in [0.15, 0.2) is 6.07 Å². The lowest BCUT2D eigenvalue weighted by molar-refractivity contribution is 0.181. The average Bonchev–Trinajstić information content (AvgIpc) is 2.02. The summed E-state index contributed by atoms with van der Waals surface area (Å²) in [5.41, 5.74) is 2.08. The third-order valence-electron chi connectivity index (χ3n) is 1.95. The number of hydrogen-bond donors (Lipinski definition) is 0. The smallest absolute Gasteiger partial charge is 0.125 e. The highest BCUT2D eigenvalue weighted by molar-refractivity contribution is 5.17. The quantitative estimate of drug-likeness (QED) is 0.724. The molecule has 3 nitrogen and oxygen atoms in total. The molecule has 1 heterocycles. The van der Waals surface area contributed by atoms with Gasteiger partial charge >= 0.3 is 0 Å². The maximum Gasteiger partial charge on any atom is 0.125 e. The summed E-state index contributed by atoms with van der Waals surface area (Å²) < 4.78 is 5.06. The van der Waals surface area contributed by atoms with Crippen LogP contribution in [-0.2, 0) is 16.8 Å². The summed E-state index contributed by atoms with van der Waals surface area (Å²) in [4.78, 5) is 8.72. The van der Waals surface area contributed by atoms with Crippen LogP contribution in [0, 0.1) is 6.92 Å². The van der Waals surface area contributed by atoms with E-state index >= 15 is 0 Å². The highest BCUT2D eigenvalue weighted by Crippen LogP contribution is 2.20. The minimum absolute atomic E-state index is 0.0657. The number of aryl methyl sites for hydroxylation is 1. The van der Waals surface area contributed by atoms with Crippen LogP contribution in [0.1, 0.15) is 38.0 Å². The van der Waals surface area contributed by atoms with Crippen LogP contribution in [0.4, 0.5) is 0 Å². The standard InChI is InChI=1S/C11H18N2O/c1-8-12-9(7-14-5)6-10(13-8)11(2,3)4/h6H,7H2,1-5H3. The summed E-state index contributed by atoms with van der Waals surface area (Å²) in [5.74, 6) is 0.810. The molecule has 1 aromatic heterocycles. The lowest BCUT2D eigenvalue weighted by atomic mass is 9.91. The maximum absolute atomic E-state index is 5.06. The number of hydrogen-bond acceptors (Lipinski definition) is 3. The molecular formula is C11H18N2O.